The molecule has 2 aromatic rings. The van der Waals surface area contributed by atoms with Crippen LogP contribution < -0.4 is 14.8 Å². The third-order valence-electron chi connectivity index (χ3n) is 3.69. The van der Waals surface area contributed by atoms with Gasteiger partial charge in [0.05, 0.1) is 19.3 Å². The van der Waals surface area contributed by atoms with Crippen molar-refractivity contribution < 1.29 is 9.47 Å². The largest absolute Gasteiger partial charge is 0.490 e. The highest BCUT2D eigenvalue weighted by Crippen LogP contribution is 2.38. The Morgan fingerprint density at radius 2 is 1.95 bits per heavy atom. The third kappa shape index (κ3) is 2.92. The third-order valence-corrected chi connectivity index (χ3v) is 4.62. The Hall–Kier alpha value is -1.52. The van der Waals surface area contributed by atoms with Gasteiger partial charge in [0.15, 0.2) is 11.5 Å². The topological polar surface area (TPSA) is 30.5 Å². The molecule has 0 amide bonds. The SMILES string of the molecule is CCOc1cc2c(cc1OCC)C(c1cccs1)NCC2. The first-order valence-electron chi connectivity index (χ1n) is 7.52. The molecule has 1 aromatic carbocycles. The zero-order valence-electron chi connectivity index (χ0n) is 12.5. The van der Waals surface area contributed by atoms with Crippen LogP contribution in [0.3, 0.4) is 0 Å². The van der Waals surface area contributed by atoms with E-state index in [0.717, 1.165) is 24.5 Å². The Labute approximate surface area is 129 Å². The normalized spacial score (nSPS) is 17.3. The molecule has 1 aromatic heterocycles. The second kappa shape index (κ2) is 6.50. The molecule has 0 bridgehead atoms. The molecule has 0 spiro atoms. The van der Waals surface area contributed by atoms with Gasteiger partial charge >= 0.3 is 0 Å². The van der Waals surface area contributed by atoms with Crippen molar-refractivity contribution >= 4 is 11.3 Å². The lowest BCUT2D eigenvalue weighted by molar-refractivity contribution is 0.286. The summed E-state index contributed by atoms with van der Waals surface area (Å²) in [7, 11) is 0. The van der Waals surface area contributed by atoms with Gasteiger partial charge in [0, 0.05) is 11.4 Å². The molecule has 2 heterocycles. The van der Waals surface area contributed by atoms with Crippen molar-refractivity contribution in [3.63, 3.8) is 0 Å². The second-order valence-corrected chi connectivity index (χ2v) is 6.00. The molecule has 3 rings (SSSR count). The maximum atomic E-state index is 5.77. The number of thiophene rings is 1. The molecule has 1 unspecified atom stereocenters. The summed E-state index contributed by atoms with van der Waals surface area (Å²) in [4.78, 5) is 1.35. The van der Waals surface area contributed by atoms with E-state index >= 15 is 0 Å². The Bertz CT molecular complexity index is 595. The van der Waals surface area contributed by atoms with Crippen LogP contribution in [0.25, 0.3) is 0 Å². The monoisotopic (exact) mass is 303 g/mol. The molecule has 0 saturated heterocycles. The van der Waals surface area contributed by atoms with Gasteiger partial charge in [0.25, 0.3) is 0 Å². The average molecular weight is 303 g/mol. The molecule has 112 valence electrons. The highest BCUT2D eigenvalue weighted by molar-refractivity contribution is 7.10. The van der Waals surface area contributed by atoms with Gasteiger partial charge in [-0.25, -0.2) is 0 Å². The van der Waals surface area contributed by atoms with Crippen molar-refractivity contribution in [1.29, 1.82) is 0 Å². The molecule has 4 heteroatoms. The predicted octanol–water partition coefficient (Wildman–Crippen LogP) is 3.78. The van der Waals surface area contributed by atoms with Crippen LogP contribution in [0.1, 0.15) is 35.9 Å². The summed E-state index contributed by atoms with van der Waals surface area (Å²) in [5.41, 5.74) is 2.68. The first-order valence-corrected chi connectivity index (χ1v) is 8.40. The predicted molar refractivity (Wildman–Crippen MR) is 86.6 cm³/mol. The minimum absolute atomic E-state index is 0.267. The van der Waals surface area contributed by atoms with E-state index in [2.05, 4.69) is 35.0 Å². The van der Waals surface area contributed by atoms with Crippen molar-refractivity contribution in [3.05, 3.63) is 45.6 Å². The Morgan fingerprint density at radius 1 is 1.19 bits per heavy atom. The van der Waals surface area contributed by atoms with Gasteiger partial charge in [-0.1, -0.05) is 6.07 Å². The van der Waals surface area contributed by atoms with Crippen molar-refractivity contribution in [2.24, 2.45) is 0 Å². The average Bonchev–Trinajstić information content (AvgIpc) is 3.02. The van der Waals surface area contributed by atoms with E-state index in [-0.39, 0.29) is 6.04 Å². The van der Waals surface area contributed by atoms with Crippen LogP contribution in [-0.4, -0.2) is 19.8 Å². The molecular weight excluding hydrogens is 282 g/mol. The minimum atomic E-state index is 0.267. The molecule has 1 N–H and O–H groups in total. The summed E-state index contributed by atoms with van der Waals surface area (Å²) in [6.45, 7) is 6.31. The van der Waals surface area contributed by atoms with Gasteiger partial charge in [0.2, 0.25) is 0 Å². The zero-order chi connectivity index (χ0) is 14.7. The number of hydrogen-bond acceptors (Lipinski definition) is 4. The van der Waals surface area contributed by atoms with Crippen LogP contribution in [-0.2, 0) is 6.42 Å². The molecule has 1 aliphatic rings. The quantitative estimate of drug-likeness (QED) is 0.912. The van der Waals surface area contributed by atoms with Crippen LogP contribution in [0.15, 0.2) is 29.6 Å². The van der Waals surface area contributed by atoms with Crippen molar-refractivity contribution in [3.8, 4) is 11.5 Å². The Balaban J connectivity index is 2.03. The van der Waals surface area contributed by atoms with Gasteiger partial charge in [-0.15, -0.1) is 11.3 Å². The fourth-order valence-electron chi connectivity index (χ4n) is 2.81. The van der Waals surface area contributed by atoms with E-state index in [1.165, 1.54) is 16.0 Å². The maximum Gasteiger partial charge on any atom is 0.161 e. The van der Waals surface area contributed by atoms with E-state index in [1.807, 2.05) is 13.8 Å². The molecule has 1 atom stereocenters. The van der Waals surface area contributed by atoms with Crippen molar-refractivity contribution in [2.75, 3.05) is 19.8 Å². The Morgan fingerprint density at radius 3 is 2.62 bits per heavy atom. The molecule has 0 radical (unpaired) electrons. The maximum absolute atomic E-state index is 5.77. The standard InChI is InChI=1S/C17H21NO2S/c1-3-19-14-10-12-7-8-18-17(16-6-5-9-21-16)13(12)11-15(14)20-4-2/h5-6,9-11,17-18H,3-4,7-8H2,1-2H3. The molecule has 21 heavy (non-hydrogen) atoms. The van der Waals surface area contributed by atoms with Crippen LogP contribution in [0.5, 0.6) is 11.5 Å². The van der Waals surface area contributed by atoms with Crippen molar-refractivity contribution in [2.45, 2.75) is 26.3 Å². The van der Waals surface area contributed by atoms with Crippen LogP contribution in [0, 0.1) is 0 Å². The minimum Gasteiger partial charge on any atom is -0.490 e. The Kier molecular flexibility index (Phi) is 4.46. The zero-order valence-corrected chi connectivity index (χ0v) is 13.3. The number of nitrogens with one attached hydrogen (secondary N) is 1. The van der Waals surface area contributed by atoms with E-state index in [4.69, 9.17) is 9.47 Å². The first kappa shape index (κ1) is 14.4. The number of benzene rings is 1. The van der Waals surface area contributed by atoms with Gasteiger partial charge in [0.1, 0.15) is 0 Å². The number of ether oxygens (including phenoxy) is 2. The van der Waals surface area contributed by atoms with Crippen LogP contribution in [0.4, 0.5) is 0 Å². The van der Waals surface area contributed by atoms with Gasteiger partial charge in [-0.3, -0.25) is 0 Å². The highest BCUT2D eigenvalue weighted by Gasteiger charge is 2.24. The van der Waals surface area contributed by atoms with E-state index in [0.29, 0.717) is 13.2 Å². The molecule has 0 saturated carbocycles. The number of fused-ring (bicyclic) bond motifs is 1. The molecule has 0 aliphatic carbocycles. The summed E-state index contributed by atoms with van der Waals surface area (Å²) in [5.74, 6) is 1.72. The fraction of sp³-hybridized carbons (Fsp3) is 0.412. The molecule has 3 nitrogen and oxygen atoms in total. The second-order valence-electron chi connectivity index (χ2n) is 5.02. The molecule has 0 fully saturated rings. The smallest absolute Gasteiger partial charge is 0.161 e. The lowest BCUT2D eigenvalue weighted by atomic mass is 9.92. The summed E-state index contributed by atoms with van der Waals surface area (Å²) in [6, 6.07) is 8.87. The first-order chi connectivity index (χ1) is 10.3. The lowest BCUT2D eigenvalue weighted by Gasteiger charge is -2.27. The van der Waals surface area contributed by atoms with Gasteiger partial charge in [-0.05, 0) is 55.0 Å². The summed E-state index contributed by atoms with van der Waals surface area (Å²) >= 11 is 1.79. The number of hydrogen-bond donors (Lipinski definition) is 1. The van der Waals surface area contributed by atoms with Gasteiger partial charge in [-0.2, -0.15) is 0 Å². The van der Waals surface area contributed by atoms with E-state index in [9.17, 15) is 0 Å². The molecule has 1 aliphatic heterocycles. The van der Waals surface area contributed by atoms with E-state index < -0.39 is 0 Å². The molecular formula is C17H21NO2S. The summed E-state index contributed by atoms with van der Waals surface area (Å²) < 4.78 is 11.5. The van der Waals surface area contributed by atoms with Gasteiger partial charge < -0.3 is 14.8 Å². The van der Waals surface area contributed by atoms with E-state index in [1.54, 1.807) is 11.3 Å². The van der Waals surface area contributed by atoms with Crippen molar-refractivity contribution in [1.82, 2.24) is 5.32 Å². The number of rotatable bonds is 5. The summed E-state index contributed by atoms with van der Waals surface area (Å²) in [6.07, 6.45) is 1.03. The van der Waals surface area contributed by atoms with Crippen LogP contribution in [0.2, 0.25) is 0 Å². The fourth-order valence-corrected chi connectivity index (χ4v) is 3.63. The van der Waals surface area contributed by atoms with Crippen LogP contribution >= 0.6 is 11.3 Å². The highest BCUT2D eigenvalue weighted by atomic mass is 32.1. The summed E-state index contributed by atoms with van der Waals surface area (Å²) in [5, 5.41) is 5.74. The lowest BCUT2D eigenvalue weighted by Crippen LogP contribution is -2.30.